The molecule has 2 fully saturated rings. The SMILES string of the molecule is O=C(NCCc1ccccc1)[C@@H]1CCCN2C(=O)CC[C@H](N3C(=O)c4ccccc4C3=O)C(=O)N12. The fourth-order valence-electron chi connectivity index (χ4n) is 5.08. The van der Waals surface area contributed by atoms with Gasteiger partial charge in [0.25, 0.3) is 17.7 Å². The van der Waals surface area contributed by atoms with Gasteiger partial charge >= 0.3 is 0 Å². The normalized spacial score (nSPS) is 22.1. The van der Waals surface area contributed by atoms with Gasteiger partial charge in [0.15, 0.2) is 0 Å². The van der Waals surface area contributed by atoms with Crippen LogP contribution in [0.3, 0.4) is 0 Å². The molecule has 180 valence electrons. The van der Waals surface area contributed by atoms with Gasteiger partial charge in [-0.1, -0.05) is 42.5 Å². The molecule has 2 saturated heterocycles. The monoisotopic (exact) mass is 474 g/mol. The van der Waals surface area contributed by atoms with Gasteiger partial charge in [-0.2, -0.15) is 0 Å². The summed E-state index contributed by atoms with van der Waals surface area (Å²) in [6, 6.07) is 14.1. The molecule has 2 aromatic carbocycles. The Labute approximate surface area is 202 Å². The Balaban J connectivity index is 1.37. The minimum atomic E-state index is -1.14. The summed E-state index contributed by atoms with van der Waals surface area (Å²) in [5.41, 5.74) is 1.56. The van der Waals surface area contributed by atoms with Gasteiger partial charge in [-0.15, -0.1) is 0 Å². The Hall–Kier alpha value is -4.01. The van der Waals surface area contributed by atoms with Gasteiger partial charge < -0.3 is 5.32 Å². The van der Waals surface area contributed by atoms with Crippen LogP contribution in [0.2, 0.25) is 0 Å². The van der Waals surface area contributed by atoms with Crippen LogP contribution in [0, 0.1) is 0 Å². The fraction of sp³-hybridized carbons (Fsp3) is 0.346. The molecule has 0 unspecified atom stereocenters. The van der Waals surface area contributed by atoms with E-state index >= 15 is 0 Å². The van der Waals surface area contributed by atoms with E-state index in [0.717, 1.165) is 10.5 Å². The van der Waals surface area contributed by atoms with E-state index in [-0.39, 0.29) is 35.8 Å². The zero-order valence-electron chi connectivity index (χ0n) is 19.2. The van der Waals surface area contributed by atoms with Crippen LogP contribution in [0.5, 0.6) is 0 Å². The molecule has 0 spiro atoms. The van der Waals surface area contributed by atoms with Crippen molar-refractivity contribution < 1.29 is 24.0 Å². The van der Waals surface area contributed by atoms with Crippen molar-refractivity contribution >= 4 is 29.5 Å². The molecule has 0 saturated carbocycles. The third kappa shape index (κ3) is 4.07. The average molecular weight is 475 g/mol. The number of amides is 5. The van der Waals surface area contributed by atoms with Crippen LogP contribution >= 0.6 is 0 Å². The predicted octanol–water partition coefficient (Wildman–Crippen LogP) is 1.54. The molecule has 0 bridgehead atoms. The van der Waals surface area contributed by atoms with E-state index in [4.69, 9.17) is 0 Å². The Morgan fingerprint density at radius 2 is 1.54 bits per heavy atom. The molecule has 3 aliphatic rings. The standard InChI is InChI=1S/C26H26N4O5/c31-22-13-12-21(29-24(33)18-9-4-5-10-19(18)25(29)34)26(35)30-20(11-6-16-28(22)30)23(32)27-15-14-17-7-2-1-3-8-17/h1-5,7-10,20-21H,6,11-16H2,(H,27,32)/t20-,21-/m0/s1. The number of nitrogens with zero attached hydrogens (tertiary/aromatic N) is 3. The van der Waals surface area contributed by atoms with Crippen LogP contribution in [0.1, 0.15) is 52.0 Å². The first-order valence-electron chi connectivity index (χ1n) is 11.9. The van der Waals surface area contributed by atoms with E-state index in [0.29, 0.717) is 32.4 Å². The Kier molecular flexibility index (Phi) is 6.07. The zero-order chi connectivity index (χ0) is 24.5. The first-order chi connectivity index (χ1) is 17.0. The molecule has 0 aromatic heterocycles. The summed E-state index contributed by atoms with van der Waals surface area (Å²) in [6.07, 6.45) is 1.63. The molecule has 2 aromatic rings. The van der Waals surface area contributed by atoms with E-state index < -0.39 is 29.8 Å². The number of hydrazine groups is 1. The van der Waals surface area contributed by atoms with Crippen molar-refractivity contribution in [3.63, 3.8) is 0 Å². The van der Waals surface area contributed by atoms with E-state index in [9.17, 15) is 24.0 Å². The van der Waals surface area contributed by atoms with Crippen molar-refractivity contribution in [2.45, 2.75) is 44.2 Å². The molecule has 5 amide bonds. The highest BCUT2D eigenvalue weighted by Gasteiger charge is 2.50. The highest BCUT2D eigenvalue weighted by molar-refractivity contribution is 6.23. The van der Waals surface area contributed by atoms with E-state index in [1.165, 1.54) is 10.0 Å². The first kappa shape index (κ1) is 22.8. The molecule has 0 aliphatic carbocycles. The van der Waals surface area contributed by atoms with Crippen LogP contribution in [-0.2, 0) is 20.8 Å². The molecule has 0 radical (unpaired) electrons. The maximum absolute atomic E-state index is 13.8. The summed E-state index contributed by atoms with van der Waals surface area (Å²) in [6.45, 7) is 0.699. The lowest BCUT2D eigenvalue weighted by atomic mass is 10.0. The Morgan fingerprint density at radius 1 is 0.886 bits per heavy atom. The number of imide groups is 1. The van der Waals surface area contributed by atoms with Crippen LogP contribution < -0.4 is 5.32 Å². The fourth-order valence-corrected chi connectivity index (χ4v) is 5.08. The predicted molar refractivity (Wildman–Crippen MR) is 125 cm³/mol. The second-order valence-corrected chi connectivity index (χ2v) is 8.96. The van der Waals surface area contributed by atoms with Gasteiger partial charge in [0.1, 0.15) is 12.1 Å². The molecule has 2 atom stereocenters. The first-order valence-corrected chi connectivity index (χ1v) is 11.9. The molecule has 9 nitrogen and oxygen atoms in total. The van der Waals surface area contributed by atoms with Crippen LogP contribution in [-0.4, -0.2) is 69.6 Å². The topological polar surface area (TPSA) is 107 Å². The van der Waals surface area contributed by atoms with Crippen molar-refractivity contribution in [3.05, 3.63) is 71.3 Å². The van der Waals surface area contributed by atoms with E-state index in [1.807, 2.05) is 30.3 Å². The summed E-state index contributed by atoms with van der Waals surface area (Å²) in [5.74, 6) is -2.32. The molecule has 3 aliphatic heterocycles. The van der Waals surface area contributed by atoms with Crippen LogP contribution in [0.15, 0.2) is 54.6 Å². The molecule has 5 rings (SSSR count). The third-order valence-electron chi connectivity index (χ3n) is 6.83. The molecular formula is C26H26N4O5. The highest BCUT2D eigenvalue weighted by Crippen LogP contribution is 2.31. The molecule has 35 heavy (non-hydrogen) atoms. The second kappa shape index (κ2) is 9.32. The van der Waals surface area contributed by atoms with Gasteiger partial charge in [-0.05, 0) is 43.4 Å². The number of rotatable bonds is 5. The minimum absolute atomic E-state index is 0.00264. The minimum Gasteiger partial charge on any atom is -0.354 e. The summed E-state index contributed by atoms with van der Waals surface area (Å²) in [4.78, 5) is 66.9. The van der Waals surface area contributed by atoms with Gasteiger partial charge in [-0.25, -0.2) is 5.01 Å². The number of benzene rings is 2. The number of carbonyl (C=O) groups is 5. The average Bonchev–Trinajstić information content (AvgIpc) is 3.06. The van der Waals surface area contributed by atoms with E-state index in [2.05, 4.69) is 5.32 Å². The van der Waals surface area contributed by atoms with Gasteiger partial charge in [0.05, 0.1) is 11.1 Å². The lowest BCUT2D eigenvalue weighted by Gasteiger charge is -2.43. The molecule has 1 N–H and O–H groups in total. The summed E-state index contributed by atoms with van der Waals surface area (Å²) < 4.78 is 0. The van der Waals surface area contributed by atoms with Crippen molar-refractivity contribution in [3.8, 4) is 0 Å². The molecular weight excluding hydrogens is 448 g/mol. The summed E-state index contributed by atoms with van der Waals surface area (Å²) in [7, 11) is 0. The Bertz CT molecular complexity index is 1160. The number of hydrogen-bond donors (Lipinski definition) is 1. The van der Waals surface area contributed by atoms with Crippen molar-refractivity contribution in [1.82, 2.24) is 20.2 Å². The number of fused-ring (bicyclic) bond motifs is 2. The maximum atomic E-state index is 13.8. The largest absolute Gasteiger partial charge is 0.354 e. The van der Waals surface area contributed by atoms with Crippen molar-refractivity contribution in [2.75, 3.05) is 13.1 Å². The quantitative estimate of drug-likeness (QED) is 0.662. The number of carbonyl (C=O) groups excluding carboxylic acids is 5. The Morgan fingerprint density at radius 3 is 2.23 bits per heavy atom. The summed E-state index contributed by atoms with van der Waals surface area (Å²) in [5, 5.41) is 5.41. The zero-order valence-corrected chi connectivity index (χ0v) is 19.2. The number of nitrogens with one attached hydrogen (secondary N) is 1. The molecule has 9 heteroatoms. The summed E-state index contributed by atoms with van der Waals surface area (Å²) >= 11 is 0. The van der Waals surface area contributed by atoms with Gasteiger partial charge in [0, 0.05) is 19.5 Å². The maximum Gasteiger partial charge on any atom is 0.265 e. The lowest BCUT2D eigenvalue weighted by molar-refractivity contribution is -0.176. The lowest BCUT2D eigenvalue weighted by Crippen LogP contribution is -2.64. The van der Waals surface area contributed by atoms with Crippen molar-refractivity contribution in [2.24, 2.45) is 0 Å². The molecule has 3 heterocycles. The smallest absolute Gasteiger partial charge is 0.265 e. The van der Waals surface area contributed by atoms with Gasteiger partial charge in [-0.3, -0.25) is 33.9 Å². The third-order valence-corrected chi connectivity index (χ3v) is 6.83. The van der Waals surface area contributed by atoms with Crippen molar-refractivity contribution in [1.29, 1.82) is 0 Å². The van der Waals surface area contributed by atoms with Crippen LogP contribution in [0.25, 0.3) is 0 Å². The highest BCUT2D eigenvalue weighted by atomic mass is 16.2. The second-order valence-electron chi connectivity index (χ2n) is 8.96. The van der Waals surface area contributed by atoms with Gasteiger partial charge in [0.2, 0.25) is 11.8 Å². The number of hydrogen-bond acceptors (Lipinski definition) is 5. The van der Waals surface area contributed by atoms with E-state index in [1.54, 1.807) is 24.3 Å². The van der Waals surface area contributed by atoms with Crippen LogP contribution in [0.4, 0.5) is 0 Å².